The zero-order chi connectivity index (χ0) is 20.6. The average molecular weight is 496 g/mol. The zero-order valence-corrected chi connectivity index (χ0v) is 18.7. The van der Waals surface area contributed by atoms with Crippen molar-refractivity contribution in [3.05, 3.63) is 46.4 Å². The molecule has 1 N–H and O–H groups in total. The standard InChI is InChI=1S/C19H18BrN3O4S2/c1-27-12-4-6-15(20)14(10-12)18(24)22-19-21-16-7-5-13(11-17(16)28-19)29(25,26)23-8-2-3-9-23/h4-7,10-11H,2-3,8-9H2,1H3,(H,21,22,24). The third kappa shape index (κ3) is 4.02. The van der Waals surface area contributed by atoms with Crippen LogP contribution in [0, 0.1) is 0 Å². The van der Waals surface area contributed by atoms with E-state index >= 15 is 0 Å². The lowest BCUT2D eigenvalue weighted by Crippen LogP contribution is -2.27. The van der Waals surface area contributed by atoms with Gasteiger partial charge in [0.15, 0.2) is 5.13 Å². The van der Waals surface area contributed by atoms with E-state index in [0.29, 0.717) is 44.2 Å². The number of rotatable bonds is 5. The quantitative estimate of drug-likeness (QED) is 0.575. The molecular weight excluding hydrogens is 478 g/mol. The van der Waals surface area contributed by atoms with E-state index in [2.05, 4.69) is 26.2 Å². The number of anilines is 1. The van der Waals surface area contributed by atoms with Crippen molar-refractivity contribution in [2.24, 2.45) is 0 Å². The minimum absolute atomic E-state index is 0.254. The molecule has 0 saturated carbocycles. The molecule has 1 saturated heterocycles. The van der Waals surface area contributed by atoms with E-state index < -0.39 is 10.0 Å². The van der Waals surface area contributed by atoms with Crippen molar-refractivity contribution in [2.45, 2.75) is 17.7 Å². The molecule has 1 aliphatic heterocycles. The fourth-order valence-corrected chi connectivity index (χ4v) is 6.11. The summed E-state index contributed by atoms with van der Waals surface area (Å²) >= 11 is 4.60. The molecule has 0 spiro atoms. The van der Waals surface area contributed by atoms with Gasteiger partial charge >= 0.3 is 0 Å². The smallest absolute Gasteiger partial charge is 0.258 e. The van der Waals surface area contributed by atoms with Gasteiger partial charge in [0.05, 0.1) is 27.8 Å². The maximum absolute atomic E-state index is 12.8. The number of aromatic nitrogens is 1. The van der Waals surface area contributed by atoms with Crippen LogP contribution in [0.15, 0.2) is 45.8 Å². The number of amides is 1. The number of benzene rings is 2. The lowest BCUT2D eigenvalue weighted by atomic mass is 10.2. The molecule has 0 unspecified atom stereocenters. The number of carbonyl (C=O) groups excluding carboxylic acids is 1. The Kier molecular flexibility index (Phi) is 5.60. The highest BCUT2D eigenvalue weighted by atomic mass is 79.9. The molecule has 1 aliphatic rings. The van der Waals surface area contributed by atoms with E-state index in [0.717, 1.165) is 12.8 Å². The topological polar surface area (TPSA) is 88.6 Å². The molecule has 0 radical (unpaired) electrons. The summed E-state index contributed by atoms with van der Waals surface area (Å²) in [5.74, 6) is 0.235. The molecule has 2 aromatic carbocycles. The van der Waals surface area contributed by atoms with Gasteiger partial charge in [-0.15, -0.1) is 0 Å². The second-order valence-electron chi connectivity index (χ2n) is 6.56. The third-order valence-corrected chi connectivity index (χ3v) is 8.22. The monoisotopic (exact) mass is 495 g/mol. The number of nitrogens with one attached hydrogen (secondary N) is 1. The van der Waals surface area contributed by atoms with E-state index in [1.54, 1.807) is 36.4 Å². The summed E-state index contributed by atoms with van der Waals surface area (Å²) in [4.78, 5) is 17.3. The Morgan fingerprint density at radius 1 is 1.21 bits per heavy atom. The lowest BCUT2D eigenvalue weighted by molar-refractivity contribution is 0.102. The van der Waals surface area contributed by atoms with Gasteiger partial charge in [0.2, 0.25) is 10.0 Å². The maximum Gasteiger partial charge on any atom is 0.258 e. The van der Waals surface area contributed by atoms with Gasteiger partial charge < -0.3 is 4.74 Å². The number of hydrogen-bond donors (Lipinski definition) is 1. The van der Waals surface area contributed by atoms with Crippen molar-refractivity contribution in [1.82, 2.24) is 9.29 Å². The summed E-state index contributed by atoms with van der Waals surface area (Å²) in [6.45, 7) is 1.11. The SMILES string of the molecule is COc1ccc(Br)c(C(=O)Nc2nc3ccc(S(=O)(=O)N4CCCC4)cc3s2)c1. The Hall–Kier alpha value is -2.01. The molecule has 0 atom stereocenters. The first-order chi connectivity index (χ1) is 13.9. The first-order valence-electron chi connectivity index (χ1n) is 8.94. The predicted molar refractivity (Wildman–Crippen MR) is 116 cm³/mol. The molecule has 2 heterocycles. The van der Waals surface area contributed by atoms with Crippen LogP contribution in [-0.4, -0.2) is 43.8 Å². The Labute approximate surface area is 180 Å². The van der Waals surface area contributed by atoms with Crippen molar-refractivity contribution >= 4 is 58.5 Å². The largest absolute Gasteiger partial charge is 0.497 e. The van der Waals surface area contributed by atoms with Gasteiger partial charge in [-0.2, -0.15) is 4.31 Å². The van der Waals surface area contributed by atoms with E-state index in [1.165, 1.54) is 22.8 Å². The zero-order valence-electron chi connectivity index (χ0n) is 15.5. The number of thiazole rings is 1. The van der Waals surface area contributed by atoms with Gasteiger partial charge in [-0.1, -0.05) is 11.3 Å². The van der Waals surface area contributed by atoms with Gasteiger partial charge in [-0.3, -0.25) is 10.1 Å². The highest BCUT2D eigenvalue weighted by molar-refractivity contribution is 9.10. The average Bonchev–Trinajstić information content (AvgIpc) is 3.37. The normalized spacial score (nSPS) is 15.0. The molecule has 1 amide bonds. The highest BCUT2D eigenvalue weighted by Crippen LogP contribution is 2.31. The molecule has 4 rings (SSSR count). The molecule has 1 fully saturated rings. The van der Waals surface area contributed by atoms with E-state index in [9.17, 15) is 13.2 Å². The number of hydrogen-bond acceptors (Lipinski definition) is 6. The fraction of sp³-hybridized carbons (Fsp3) is 0.263. The molecule has 1 aromatic heterocycles. The Bertz CT molecular complexity index is 1190. The molecule has 10 heteroatoms. The number of carbonyl (C=O) groups is 1. The summed E-state index contributed by atoms with van der Waals surface area (Å²) in [5, 5.41) is 3.17. The van der Waals surface area contributed by atoms with Gasteiger partial charge in [0.25, 0.3) is 5.91 Å². The van der Waals surface area contributed by atoms with Crippen molar-refractivity contribution in [2.75, 3.05) is 25.5 Å². The van der Waals surface area contributed by atoms with Crippen LogP contribution < -0.4 is 10.1 Å². The van der Waals surface area contributed by atoms with E-state index in [4.69, 9.17) is 4.74 Å². The van der Waals surface area contributed by atoms with Crippen LogP contribution in [0.5, 0.6) is 5.75 Å². The highest BCUT2D eigenvalue weighted by Gasteiger charge is 2.27. The summed E-state index contributed by atoms with van der Waals surface area (Å²) in [6, 6.07) is 9.99. The summed E-state index contributed by atoms with van der Waals surface area (Å²) in [6.07, 6.45) is 1.77. The number of fused-ring (bicyclic) bond motifs is 1. The fourth-order valence-electron chi connectivity index (χ4n) is 3.17. The minimum Gasteiger partial charge on any atom is -0.497 e. The number of nitrogens with zero attached hydrogens (tertiary/aromatic N) is 2. The number of methoxy groups -OCH3 is 1. The first-order valence-corrected chi connectivity index (χ1v) is 12.0. The second-order valence-corrected chi connectivity index (χ2v) is 10.4. The Balaban J connectivity index is 1.60. The third-order valence-electron chi connectivity index (χ3n) is 4.70. The maximum atomic E-state index is 12.8. The van der Waals surface area contributed by atoms with Crippen molar-refractivity contribution < 1.29 is 17.9 Å². The summed E-state index contributed by atoms with van der Waals surface area (Å²) in [5.41, 5.74) is 1.05. The van der Waals surface area contributed by atoms with Crippen molar-refractivity contribution in [3.8, 4) is 5.75 Å². The second kappa shape index (κ2) is 8.02. The van der Waals surface area contributed by atoms with Crippen LogP contribution in [0.1, 0.15) is 23.2 Å². The van der Waals surface area contributed by atoms with Crippen LogP contribution in [0.2, 0.25) is 0 Å². The van der Waals surface area contributed by atoms with E-state index in [1.807, 2.05) is 0 Å². The molecule has 152 valence electrons. The van der Waals surface area contributed by atoms with Gasteiger partial charge in [0.1, 0.15) is 5.75 Å². The molecule has 0 bridgehead atoms. The van der Waals surface area contributed by atoms with Gasteiger partial charge in [-0.25, -0.2) is 13.4 Å². The Morgan fingerprint density at radius 2 is 1.97 bits per heavy atom. The summed E-state index contributed by atoms with van der Waals surface area (Å²) in [7, 11) is -1.96. The van der Waals surface area contributed by atoms with Crippen LogP contribution in [-0.2, 0) is 10.0 Å². The minimum atomic E-state index is -3.50. The van der Waals surface area contributed by atoms with Crippen molar-refractivity contribution in [1.29, 1.82) is 0 Å². The molecule has 0 aliphatic carbocycles. The molecule has 29 heavy (non-hydrogen) atoms. The van der Waals surface area contributed by atoms with Crippen LogP contribution in [0.4, 0.5) is 5.13 Å². The van der Waals surface area contributed by atoms with E-state index in [-0.39, 0.29) is 10.8 Å². The number of sulfonamides is 1. The van der Waals surface area contributed by atoms with Gasteiger partial charge in [-0.05, 0) is 65.2 Å². The molecule has 7 nitrogen and oxygen atoms in total. The van der Waals surface area contributed by atoms with Crippen LogP contribution >= 0.6 is 27.3 Å². The van der Waals surface area contributed by atoms with Crippen molar-refractivity contribution in [3.63, 3.8) is 0 Å². The molecule has 3 aromatic rings. The van der Waals surface area contributed by atoms with Gasteiger partial charge in [0, 0.05) is 17.6 Å². The van der Waals surface area contributed by atoms with Crippen LogP contribution in [0.3, 0.4) is 0 Å². The number of halogens is 1. The Morgan fingerprint density at radius 3 is 2.69 bits per heavy atom. The first kappa shape index (κ1) is 20.3. The number of ether oxygens (including phenoxy) is 1. The predicted octanol–water partition coefficient (Wildman–Crippen LogP) is 4.10. The molecular formula is C19H18BrN3O4S2. The lowest BCUT2D eigenvalue weighted by Gasteiger charge is -2.15. The van der Waals surface area contributed by atoms with Crippen LogP contribution in [0.25, 0.3) is 10.2 Å². The summed E-state index contributed by atoms with van der Waals surface area (Å²) < 4.78 is 33.6.